The van der Waals surface area contributed by atoms with Crippen LogP contribution < -0.4 is 0 Å². The Labute approximate surface area is 173 Å². The van der Waals surface area contributed by atoms with Crippen LogP contribution in [0.15, 0.2) is 24.3 Å². The smallest absolute Gasteiger partial charge is 0.124 e. The van der Waals surface area contributed by atoms with E-state index in [0.717, 1.165) is 12.3 Å². The van der Waals surface area contributed by atoms with E-state index in [4.69, 9.17) is 4.98 Å². The van der Waals surface area contributed by atoms with E-state index in [1.807, 2.05) is 11.3 Å². The fourth-order valence-electron chi connectivity index (χ4n) is 5.32. The second-order valence-corrected chi connectivity index (χ2v) is 11.1. The lowest BCUT2D eigenvalue weighted by atomic mass is 9.70. The number of hydrogen-bond donors (Lipinski definition) is 0. The van der Waals surface area contributed by atoms with E-state index in [0.29, 0.717) is 5.41 Å². The van der Waals surface area contributed by atoms with Gasteiger partial charge in [0.05, 0.1) is 0 Å². The molecule has 1 aromatic carbocycles. The van der Waals surface area contributed by atoms with Crippen molar-refractivity contribution in [1.29, 1.82) is 0 Å². The van der Waals surface area contributed by atoms with E-state index in [-0.39, 0.29) is 0 Å². The van der Waals surface area contributed by atoms with Gasteiger partial charge in [-0.15, -0.1) is 11.3 Å². The van der Waals surface area contributed by atoms with Crippen LogP contribution in [0.5, 0.6) is 0 Å². The maximum Gasteiger partial charge on any atom is 0.124 e. The Morgan fingerprint density at radius 1 is 1.04 bits per heavy atom. The van der Waals surface area contributed by atoms with Gasteiger partial charge in [0, 0.05) is 16.0 Å². The molecule has 0 saturated heterocycles. The fourth-order valence-corrected chi connectivity index (χ4v) is 6.61. The van der Waals surface area contributed by atoms with Gasteiger partial charge in [-0.2, -0.15) is 0 Å². The topological polar surface area (TPSA) is 12.9 Å². The molecule has 0 fully saturated rings. The van der Waals surface area contributed by atoms with Crippen LogP contribution in [-0.2, 0) is 25.7 Å². The number of fused-ring (bicyclic) bond motifs is 4. The SMILES string of the molecule is Cc1cccc(-c2c3c(nc4sc5c(c24)CCCC5)CCC(C(C)(C)C)C3)c1. The lowest BCUT2D eigenvalue weighted by Crippen LogP contribution is -2.27. The first-order chi connectivity index (χ1) is 13.4. The van der Waals surface area contributed by atoms with E-state index in [1.54, 1.807) is 16.0 Å². The maximum absolute atomic E-state index is 5.26. The molecular weight excluding hydrogens is 358 g/mol. The van der Waals surface area contributed by atoms with Crippen molar-refractivity contribution < 1.29 is 0 Å². The van der Waals surface area contributed by atoms with E-state index >= 15 is 0 Å². The van der Waals surface area contributed by atoms with Gasteiger partial charge in [-0.1, -0.05) is 50.6 Å². The predicted molar refractivity (Wildman–Crippen MR) is 121 cm³/mol. The van der Waals surface area contributed by atoms with E-state index in [9.17, 15) is 0 Å². The third kappa shape index (κ3) is 3.01. The number of benzene rings is 1. The van der Waals surface area contributed by atoms with Gasteiger partial charge >= 0.3 is 0 Å². The number of aryl methyl sites for hydroxylation is 4. The van der Waals surface area contributed by atoms with Gasteiger partial charge < -0.3 is 0 Å². The predicted octanol–water partition coefficient (Wildman–Crippen LogP) is 7.30. The van der Waals surface area contributed by atoms with Gasteiger partial charge in [0.15, 0.2) is 0 Å². The number of rotatable bonds is 1. The Bertz CT molecular complexity index is 1050. The first kappa shape index (κ1) is 18.4. The van der Waals surface area contributed by atoms with Crippen LogP contribution >= 0.6 is 11.3 Å². The molecule has 2 aromatic heterocycles. The van der Waals surface area contributed by atoms with Gasteiger partial charge in [0.2, 0.25) is 0 Å². The van der Waals surface area contributed by atoms with Crippen molar-refractivity contribution in [1.82, 2.24) is 4.98 Å². The van der Waals surface area contributed by atoms with Crippen molar-refractivity contribution in [2.45, 2.75) is 72.6 Å². The summed E-state index contributed by atoms with van der Waals surface area (Å²) in [6.07, 6.45) is 8.73. The van der Waals surface area contributed by atoms with Gasteiger partial charge in [0.25, 0.3) is 0 Å². The number of nitrogens with zero attached hydrogens (tertiary/aromatic N) is 1. The molecule has 0 bridgehead atoms. The zero-order chi connectivity index (χ0) is 19.5. The van der Waals surface area contributed by atoms with Crippen LogP contribution in [-0.4, -0.2) is 4.98 Å². The summed E-state index contributed by atoms with van der Waals surface area (Å²) >= 11 is 1.98. The van der Waals surface area contributed by atoms with E-state index in [1.165, 1.54) is 71.1 Å². The quantitative estimate of drug-likeness (QED) is 0.425. The minimum atomic E-state index is 0.352. The van der Waals surface area contributed by atoms with Gasteiger partial charge in [-0.25, -0.2) is 4.98 Å². The molecule has 2 aliphatic carbocycles. The average molecular weight is 390 g/mol. The Kier molecular flexibility index (Phi) is 4.39. The van der Waals surface area contributed by atoms with Crippen molar-refractivity contribution >= 4 is 21.6 Å². The first-order valence-corrected chi connectivity index (χ1v) is 11.8. The normalized spacial score (nSPS) is 19.5. The lowest BCUT2D eigenvalue weighted by Gasteiger charge is -2.35. The molecule has 2 heterocycles. The fraction of sp³-hybridized carbons (Fsp3) is 0.500. The van der Waals surface area contributed by atoms with Gasteiger partial charge in [-0.3, -0.25) is 0 Å². The van der Waals surface area contributed by atoms with Crippen molar-refractivity contribution in [2.24, 2.45) is 11.3 Å². The first-order valence-electron chi connectivity index (χ1n) is 10.9. The van der Waals surface area contributed by atoms with Crippen molar-refractivity contribution in [2.75, 3.05) is 0 Å². The molecule has 0 radical (unpaired) electrons. The molecule has 1 unspecified atom stereocenters. The zero-order valence-corrected chi connectivity index (χ0v) is 18.5. The molecular formula is C26H31NS. The minimum absolute atomic E-state index is 0.352. The van der Waals surface area contributed by atoms with Crippen LogP contribution in [0.1, 0.15) is 67.3 Å². The maximum atomic E-state index is 5.26. The van der Waals surface area contributed by atoms with E-state index < -0.39 is 0 Å². The van der Waals surface area contributed by atoms with Crippen molar-refractivity contribution in [3.05, 3.63) is 51.5 Å². The number of hydrogen-bond acceptors (Lipinski definition) is 2. The summed E-state index contributed by atoms with van der Waals surface area (Å²) in [6.45, 7) is 9.45. The van der Waals surface area contributed by atoms with Crippen LogP contribution in [0, 0.1) is 18.3 Å². The molecule has 1 atom stereocenters. The minimum Gasteiger partial charge on any atom is -0.242 e. The standard InChI is InChI=1S/C26H31NS/c1-16-8-7-9-17(14-16)23-20-15-18(26(2,3)4)12-13-21(20)27-25-24(23)19-10-5-6-11-22(19)28-25/h7-9,14,18H,5-6,10-13,15H2,1-4H3. The molecule has 2 heteroatoms. The molecule has 0 aliphatic heterocycles. The lowest BCUT2D eigenvalue weighted by molar-refractivity contribution is 0.215. The van der Waals surface area contributed by atoms with Crippen LogP contribution in [0.3, 0.4) is 0 Å². The highest BCUT2D eigenvalue weighted by atomic mass is 32.1. The summed E-state index contributed by atoms with van der Waals surface area (Å²) in [4.78, 5) is 8.18. The summed E-state index contributed by atoms with van der Waals surface area (Å²) in [6, 6.07) is 9.17. The monoisotopic (exact) mass is 389 g/mol. The highest BCUT2D eigenvalue weighted by Crippen LogP contribution is 2.47. The highest BCUT2D eigenvalue weighted by Gasteiger charge is 2.33. The third-order valence-corrected chi connectivity index (χ3v) is 8.19. The van der Waals surface area contributed by atoms with Crippen LogP contribution in [0.25, 0.3) is 21.3 Å². The summed E-state index contributed by atoms with van der Waals surface area (Å²) in [5, 5.41) is 1.50. The molecule has 5 rings (SSSR count). The number of thiophene rings is 1. The van der Waals surface area contributed by atoms with Gasteiger partial charge in [-0.05, 0) is 85.5 Å². The number of aromatic nitrogens is 1. The molecule has 0 saturated carbocycles. The molecule has 0 amide bonds. The molecule has 0 N–H and O–H groups in total. The van der Waals surface area contributed by atoms with Crippen LogP contribution in [0.2, 0.25) is 0 Å². The summed E-state index contributed by atoms with van der Waals surface area (Å²) in [7, 11) is 0. The van der Waals surface area contributed by atoms with Crippen LogP contribution in [0.4, 0.5) is 0 Å². The molecule has 0 spiro atoms. The molecule has 146 valence electrons. The van der Waals surface area contributed by atoms with Crippen molar-refractivity contribution in [3.8, 4) is 11.1 Å². The Morgan fingerprint density at radius 3 is 2.64 bits per heavy atom. The largest absolute Gasteiger partial charge is 0.242 e. The Balaban J connectivity index is 1.81. The Morgan fingerprint density at radius 2 is 1.86 bits per heavy atom. The molecule has 2 aliphatic rings. The van der Waals surface area contributed by atoms with Crippen molar-refractivity contribution in [3.63, 3.8) is 0 Å². The van der Waals surface area contributed by atoms with E-state index in [2.05, 4.69) is 52.0 Å². The second kappa shape index (κ2) is 6.69. The molecule has 1 nitrogen and oxygen atoms in total. The molecule has 3 aromatic rings. The highest BCUT2D eigenvalue weighted by molar-refractivity contribution is 7.19. The molecule has 28 heavy (non-hydrogen) atoms. The zero-order valence-electron chi connectivity index (χ0n) is 17.7. The average Bonchev–Trinajstić information content (AvgIpc) is 3.03. The second-order valence-electron chi connectivity index (χ2n) is 9.98. The Hall–Kier alpha value is -1.67. The van der Waals surface area contributed by atoms with Gasteiger partial charge in [0.1, 0.15) is 4.83 Å². The third-order valence-electron chi connectivity index (χ3n) is 7.00. The summed E-state index contributed by atoms with van der Waals surface area (Å²) in [5.41, 5.74) is 9.18. The summed E-state index contributed by atoms with van der Waals surface area (Å²) in [5.74, 6) is 0.734. The summed E-state index contributed by atoms with van der Waals surface area (Å²) < 4.78 is 0. The number of pyridine rings is 1.